The maximum Gasteiger partial charge on any atom is 0.378 e. The number of urea groups is 1. The number of hydrogen-bond acceptors (Lipinski definition) is 7. The number of esters is 2. The van der Waals surface area contributed by atoms with Gasteiger partial charge in [0.05, 0.1) is 29.6 Å². The first-order valence-electron chi connectivity index (χ1n) is 12.3. The van der Waals surface area contributed by atoms with Crippen molar-refractivity contribution in [1.29, 1.82) is 0 Å². The molecule has 0 unspecified atom stereocenters. The molecular weight excluding hydrogens is 498 g/mol. The van der Waals surface area contributed by atoms with Gasteiger partial charge in [-0.05, 0) is 24.6 Å². The lowest BCUT2D eigenvalue weighted by Crippen LogP contribution is -2.47. The molecule has 0 fully saturated rings. The van der Waals surface area contributed by atoms with Gasteiger partial charge in [0.15, 0.2) is 5.82 Å². The van der Waals surface area contributed by atoms with Crippen molar-refractivity contribution >= 4 is 18.0 Å². The number of rotatable bonds is 8. The fraction of sp³-hybridized carbons (Fsp3) is 0.138. The van der Waals surface area contributed by atoms with Crippen molar-refractivity contribution in [3.05, 3.63) is 114 Å². The highest BCUT2D eigenvalue weighted by molar-refractivity contribution is 5.95. The standard InChI is InChI=1S/C29H25N5O5/c1-2-38-27(35)23-22(30-29(37)31-24(23)19-12-6-3-7-13-19)18-39-28(36)25-32-26(20-14-8-4-9-15-20)34(33-25)21-16-10-5-11-17-21/h3-17,24H,2,18H2,1H3,(H2,30,31,37)/t24-/m1/s1. The average Bonchev–Trinajstić information content (AvgIpc) is 3.43. The maximum absolute atomic E-state index is 13.1. The van der Waals surface area contributed by atoms with Crippen molar-refractivity contribution in [2.45, 2.75) is 13.0 Å². The highest BCUT2D eigenvalue weighted by atomic mass is 16.5. The third-order valence-corrected chi connectivity index (χ3v) is 5.95. The number of carbonyl (C=O) groups is 3. The quantitative estimate of drug-likeness (QED) is 0.335. The molecular formula is C29H25N5O5. The molecule has 1 atom stereocenters. The van der Waals surface area contributed by atoms with E-state index in [0.717, 1.165) is 5.56 Å². The van der Waals surface area contributed by atoms with Crippen LogP contribution in [0.4, 0.5) is 4.79 Å². The molecule has 10 nitrogen and oxygen atoms in total. The Balaban J connectivity index is 1.46. The summed E-state index contributed by atoms with van der Waals surface area (Å²) in [6.45, 7) is 1.42. The van der Waals surface area contributed by atoms with Gasteiger partial charge in [-0.1, -0.05) is 78.9 Å². The lowest BCUT2D eigenvalue weighted by molar-refractivity contribution is -0.139. The van der Waals surface area contributed by atoms with Crippen LogP contribution in [0.5, 0.6) is 0 Å². The highest BCUT2D eigenvalue weighted by Crippen LogP contribution is 2.28. The van der Waals surface area contributed by atoms with Gasteiger partial charge in [-0.2, -0.15) is 0 Å². The molecule has 0 aliphatic carbocycles. The Kier molecular flexibility index (Phi) is 7.44. The summed E-state index contributed by atoms with van der Waals surface area (Å²) in [6.07, 6.45) is 0. The van der Waals surface area contributed by atoms with E-state index in [1.807, 2.05) is 66.7 Å². The van der Waals surface area contributed by atoms with E-state index < -0.39 is 30.6 Å². The van der Waals surface area contributed by atoms with Crippen LogP contribution in [0, 0.1) is 0 Å². The first kappa shape index (κ1) is 25.4. The Morgan fingerprint density at radius 3 is 2.18 bits per heavy atom. The van der Waals surface area contributed by atoms with E-state index in [2.05, 4.69) is 20.7 Å². The first-order chi connectivity index (χ1) is 19.0. The van der Waals surface area contributed by atoms with Gasteiger partial charge in [0.25, 0.3) is 5.82 Å². The number of hydrogen-bond donors (Lipinski definition) is 2. The van der Waals surface area contributed by atoms with E-state index in [1.54, 1.807) is 35.9 Å². The molecule has 0 saturated heterocycles. The summed E-state index contributed by atoms with van der Waals surface area (Å²) in [5.41, 5.74) is 2.41. The van der Waals surface area contributed by atoms with Crippen LogP contribution in [0.3, 0.4) is 0 Å². The van der Waals surface area contributed by atoms with Crippen LogP contribution in [0.1, 0.15) is 29.1 Å². The van der Waals surface area contributed by atoms with Crippen LogP contribution in [0.2, 0.25) is 0 Å². The van der Waals surface area contributed by atoms with Crippen LogP contribution in [-0.4, -0.2) is 45.9 Å². The Morgan fingerprint density at radius 1 is 0.872 bits per heavy atom. The van der Waals surface area contributed by atoms with Crippen molar-refractivity contribution in [1.82, 2.24) is 25.4 Å². The van der Waals surface area contributed by atoms with Gasteiger partial charge in [0.2, 0.25) is 0 Å². The Labute approximate surface area is 224 Å². The topological polar surface area (TPSA) is 124 Å². The second-order valence-electron chi connectivity index (χ2n) is 8.50. The van der Waals surface area contributed by atoms with E-state index in [1.165, 1.54) is 0 Å². The van der Waals surface area contributed by atoms with Gasteiger partial charge in [-0.25, -0.2) is 24.0 Å². The summed E-state index contributed by atoms with van der Waals surface area (Å²) >= 11 is 0. The van der Waals surface area contributed by atoms with Crippen molar-refractivity contribution in [2.24, 2.45) is 0 Å². The van der Waals surface area contributed by atoms with Crippen LogP contribution < -0.4 is 10.6 Å². The molecule has 0 spiro atoms. The Bertz CT molecular complexity index is 1460. The second-order valence-corrected chi connectivity index (χ2v) is 8.50. The third kappa shape index (κ3) is 5.54. The Morgan fingerprint density at radius 2 is 1.51 bits per heavy atom. The van der Waals surface area contributed by atoms with Crippen molar-refractivity contribution in [3.8, 4) is 17.1 Å². The van der Waals surface area contributed by atoms with Gasteiger partial charge in [-0.3, -0.25) is 0 Å². The highest BCUT2D eigenvalue weighted by Gasteiger charge is 2.34. The van der Waals surface area contributed by atoms with Crippen molar-refractivity contribution in [3.63, 3.8) is 0 Å². The average molecular weight is 524 g/mol. The lowest BCUT2D eigenvalue weighted by atomic mass is 9.95. The largest absolute Gasteiger partial charge is 0.463 e. The molecule has 2 heterocycles. The van der Waals surface area contributed by atoms with E-state index in [-0.39, 0.29) is 23.7 Å². The zero-order valence-electron chi connectivity index (χ0n) is 21.0. The van der Waals surface area contributed by atoms with Crippen molar-refractivity contribution in [2.75, 3.05) is 13.2 Å². The van der Waals surface area contributed by atoms with Crippen LogP contribution in [0.15, 0.2) is 102 Å². The predicted octanol–water partition coefficient (Wildman–Crippen LogP) is 3.96. The van der Waals surface area contributed by atoms with E-state index in [4.69, 9.17) is 9.47 Å². The second kappa shape index (κ2) is 11.4. The van der Waals surface area contributed by atoms with Gasteiger partial charge in [-0.15, -0.1) is 5.10 Å². The Hall–Kier alpha value is -5.25. The van der Waals surface area contributed by atoms with Gasteiger partial charge in [0, 0.05) is 5.56 Å². The molecule has 0 radical (unpaired) electrons. The molecule has 0 bridgehead atoms. The van der Waals surface area contributed by atoms with Gasteiger partial charge >= 0.3 is 18.0 Å². The zero-order valence-corrected chi connectivity index (χ0v) is 21.0. The van der Waals surface area contributed by atoms with E-state index in [0.29, 0.717) is 17.1 Å². The molecule has 1 aromatic heterocycles. The maximum atomic E-state index is 13.1. The summed E-state index contributed by atoms with van der Waals surface area (Å²) in [4.78, 5) is 43.0. The molecule has 4 aromatic rings. The SMILES string of the molecule is CCOC(=O)C1=C(COC(=O)c2nc(-c3ccccc3)n(-c3ccccc3)n2)NC(=O)N[C@@H]1c1ccccc1. The lowest BCUT2D eigenvalue weighted by Gasteiger charge is -2.29. The number of para-hydroxylation sites is 1. The number of carbonyl (C=O) groups excluding carboxylic acids is 3. The van der Waals surface area contributed by atoms with Crippen LogP contribution in [-0.2, 0) is 14.3 Å². The van der Waals surface area contributed by atoms with Gasteiger partial charge < -0.3 is 20.1 Å². The minimum atomic E-state index is -0.818. The molecule has 1 aliphatic rings. The number of amides is 2. The molecule has 3 aromatic carbocycles. The zero-order chi connectivity index (χ0) is 27.2. The minimum Gasteiger partial charge on any atom is -0.463 e. The number of nitrogens with one attached hydrogen (secondary N) is 2. The third-order valence-electron chi connectivity index (χ3n) is 5.95. The van der Waals surface area contributed by atoms with Crippen LogP contribution in [0.25, 0.3) is 17.1 Å². The summed E-state index contributed by atoms with van der Waals surface area (Å²) in [5, 5.41) is 9.73. The predicted molar refractivity (Wildman–Crippen MR) is 142 cm³/mol. The normalized spacial score (nSPS) is 14.8. The van der Waals surface area contributed by atoms with E-state index >= 15 is 0 Å². The number of ether oxygens (including phenoxy) is 2. The molecule has 0 saturated carbocycles. The summed E-state index contributed by atoms with van der Waals surface area (Å²) in [7, 11) is 0. The van der Waals surface area contributed by atoms with E-state index in [9.17, 15) is 14.4 Å². The summed E-state index contributed by atoms with van der Waals surface area (Å²) in [6, 6.07) is 26.3. The molecule has 196 valence electrons. The molecule has 39 heavy (non-hydrogen) atoms. The number of nitrogens with zero attached hydrogens (tertiary/aromatic N) is 3. The van der Waals surface area contributed by atoms with Crippen molar-refractivity contribution < 1.29 is 23.9 Å². The monoisotopic (exact) mass is 523 g/mol. The number of aromatic nitrogens is 3. The van der Waals surface area contributed by atoms with Crippen LogP contribution >= 0.6 is 0 Å². The smallest absolute Gasteiger partial charge is 0.378 e. The molecule has 1 aliphatic heterocycles. The number of benzene rings is 3. The molecule has 5 rings (SSSR count). The van der Waals surface area contributed by atoms with Gasteiger partial charge in [0.1, 0.15) is 6.61 Å². The fourth-order valence-corrected chi connectivity index (χ4v) is 4.20. The molecule has 2 N–H and O–H groups in total. The summed E-state index contributed by atoms with van der Waals surface area (Å²) < 4.78 is 12.3. The molecule has 2 amide bonds. The summed E-state index contributed by atoms with van der Waals surface area (Å²) in [5.74, 6) is -1.17. The minimum absolute atomic E-state index is 0.116. The first-order valence-corrected chi connectivity index (χ1v) is 12.3. The molecule has 10 heteroatoms. The fourth-order valence-electron chi connectivity index (χ4n) is 4.20.